The van der Waals surface area contributed by atoms with Crippen molar-refractivity contribution in [3.8, 4) is 5.75 Å². The van der Waals surface area contributed by atoms with E-state index in [2.05, 4.69) is 15.5 Å². The van der Waals surface area contributed by atoms with E-state index >= 15 is 0 Å². The predicted molar refractivity (Wildman–Crippen MR) is 75.7 cm³/mol. The number of amides is 1. The SMILES string of the molecule is COc1ccccc1/C=N\NC(=O)c1cc(=O)[nH]c(=O)[nH]1. The number of carbonyl (C=O) groups is 1. The van der Waals surface area contributed by atoms with Crippen LogP contribution < -0.4 is 21.4 Å². The third-order valence-electron chi connectivity index (χ3n) is 2.51. The summed E-state index contributed by atoms with van der Waals surface area (Å²) in [6.45, 7) is 0. The fourth-order valence-corrected chi connectivity index (χ4v) is 1.58. The smallest absolute Gasteiger partial charge is 0.326 e. The van der Waals surface area contributed by atoms with E-state index in [1.165, 1.54) is 13.3 Å². The molecule has 0 atom stereocenters. The number of hydrogen-bond acceptors (Lipinski definition) is 5. The lowest BCUT2D eigenvalue weighted by atomic mass is 10.2. The van der Waals surface area contributed by atoms with Gasteiger partial charge in [0.15, 0.2) is 0 Å². The zero-order valence-electron chi connectivity index (χ0n) is 11.0. The molecule has 1 amide bonds. The van der Waals surface area contributed by atoms with Gasteiger partial charge in [0.25, 0.3) is 11.5 Å². The molecule has 0 spiro atoms. The summed E-state index contributed by atoms with van der Waals surface area (Å²) in [4.78, 5) is 38.0. The van der Waals surface area contributed by atoms with E-state index in [-0.39, 0.29) is 5.69 Å². The molecule has 0 radical (unpaired) electrons. The van der Waals surface area contributed by atoms with Crippen LogP contribution in [0.5, 0.6) is 5.75 Å². The van der Waals surface area contributed by atoms with Crippen molar-refractivity contribution < 1.29 is 9.53 Å². The number of nitrogens with one attached hydrogen (secondary N) is 3. The molecule has 0 aliphatic carbocycles. The number of aromatic nitrogens is 2. The van der Waals surface area contributed by atoms with Crippen LogP contribution in [0, 0.1) is 0 Å². The second kappa shape index (κ2) is 6.33. The molecule has 8 nitrogen and oxygen atoms in total. The molecule has 0 aliphatic heterocycles. The van der Waals surface area contributed by atoms with E-state index in [1.807, 2.05) is 4.98 Å². The van der Waals surface area contributed by atoms with Crippen LogP contribution in [0.2, 0.25) is 0 Å². The van der Waals surface area contributed by atoms with Gasteiger partial charge >= 0.3 is 5.69 Å². The molecule has 8 heteroatoms. The largest absolute Gasteiger partial charge is 0.496 e. The molecule has 0 fully saturated rings. The Morgan fingerprint density at radius 1 is 1.29 bits per heavy atom. The average molecular weight is 288 g/mol. The molecular formula is C13H12N4O4. The summed E-state index contributed by atoms with van der Waals surface area (Å²) in [6.07, 6.45) is 1.39. The van der Waals surface area contributed by atoms with Gasteiger partial charge in [-0.25, -0.2) is 10.2 Å². The molecule has 0 saturated carbocycles. The number of ether oxygens (including phenoxy) is 1. The van der Waals surface area contributed by atoms with Gasteiger partial charge in [0.2, 0.25) is 0 Å². The predicted octanol–water partition coefficient (Wildman–Crippen LogP) is -0.164. The average Bonchev–Trinajstić information content (AvgIpc) is 2.46. The van der Waals surface area contributed by atoms with Gasteiger partial charge in [-0.3, -0.25) is 14.6 Å². The van der Waals surface area contributed by atoms with Crippen molar-refractivity contribution in [3.63, 3.8) is 0 Å². The molecule has 0 bridgehead atoms. The lowest BCUT2D eigenvalue weighted by Crippen LogP contribution is -2.28. The Kier molecular flexibility index (Phi) is 4.30. The first-order valence-electron chi connectivity index (χ1n) is 5.90. The summed E-state index contributed by atoms with van der Waals surface area (Å²) < 4.78 is 5.12. The lowest BCUT2D eigenvalue weighted by Gasteiger charge is -2.03. The number of hydrazone groups is 1. The summed E-state index contributed by atoms with van der Waals surface area (Å²) in [6, 6.07) is 8.06. The Hall–Kier alpha value is -3.16. The molecule has 2 rings (SSSR count). The van der Waals surface area contributed by atoms with Crippen LogP contribution in [-0.2, 0) is 0 Å². The van der Waals surface area contributed by atoms with Crippen LogP contribution >= 0.6 is 0 Å². The Labute approximate surface area is 118 Å². The maximum atomic E-state index is 11.7. The summed E-state index contributed by atoms with van der Waals surface area (Å²) in [5.41, 5.74) is 1.26. The second-order valence-electron chi connectivity index (χ2n) is 3.94. The van der Waals surface area contributed by atoms with Crippen LogP contribution in [0.1, 0.15) is 16.1 Å². The summed E-state index contributed by atoms with van der Waals surface area (Å²) in [5, 5.41) is 3.75. The molecule has 1 aromatic heterocycles. The topological polar surface area (TPSA) is 116 Å². The standard InChI is InChI=1S/C13H12N4O4/c1-21-10-5-3-2-4-8(10)7-14-17-12(19)9-6-11(18)16-13(20)15-9/h2-7H,1H3,(H,17,19)(H2,15,16,18,20)/b14-7-. The molecule has 21 heavy (non-hydrogen) atoms. The number of rotatable bonds is 4. The second-order valence-corrected chi connectivity index (χ2v) is 3.94. The Bertz CT molecular complexity index is 763. The maximum absolute atomic E-state index is 11.7. The molecule has 0 aliphatic rings. The van der Waals surface area contributed by atoms with Gasteiger partial charge in [0.1, 0.15) is 11.4 Å². The molecule has 108 valence electrons. The van der Waals surface area contributed by atoms with Gasteiger partial charge in [-0.2, -0.15) is 5.10 Å². The minimum Gasteiger partial charge on any atom is -0.496 e. The van der Waals surface area contributed by atoms with E-state index in [9.17, 15) is 14.4 Å². The number of nitrogens with zero attached hydrogens (tertiary/aromatic N) is 1. The van der Waals surface area contributed by atoms with E-state index in [0.717, 1.165) is 6.07 Å². The first-order valence-corrected chi connectivity index (χ1v) is 5.90. The molecule has 1 aromatic carbocycles. The Balaban J connectivity index is 2.12. The minimum absolute atomic E-state index is 0.180. The van der Waals surface area contributed by atoms with E-state index in [0.29, 0.717) is 11.3 Å². The van der Waals surface area contributed by atoms with Crippen LogP contribution in [0.25, 0.3) is 0 Å². The molecule has 2 aromatic rings. The first-order chi connectivity index (χ1) is 10.1. The number of para-hydroxylation sites is 1. The van der Waals surface area contributed by atoms with Gasteiger partial charge in [-0.15, -0.1) is 0 Å². The molecule has 0 saturated heterocycles. The Morgan fingerprint density at radius 2 is 2.05 bits per heavy atom. The third kappa shape index (κ3) is 3.66. The number of carbonyl (C=O) groups excluding carboxylic acids is 1. The zero-order valence-corrected chi connectivity index (χ0v) is 11.0. The van der Waals surface area contributed by atoms with E-state index < -0.39 is 17.2 Å². The van der Waals surface area contributed by atoms with Crippen molar-refractivity contribution in [2.24, 2.45) is 5.10 Å². The molecule has 1 heterocycles. The normalized spacial score (nSPS) is 10.5. The van der Waals surface area contributed by atoms with E-state index in [4.69, 9.17) is 4.74 Å². The number of benzene rings is 1. The number of H-pyrrole nitrogens is 2. The summed E-state index contributed by atoms with van der Waals surface area (Å²) in [5.74, 6) is -0.107. The van der Waals surface area contributed by atoms with Crippen LogP contribution in [0.4, 0.5) is 0 Å². The molecule has 0 unspecified atom stereocenters. The highest BCUT2D eigenvalue weighted by atomic mass is 16.5. The first kappa shape index (κ1) is 14.3. The van der Waals surface area contributed by atoms with Gasteiger partial charge in [0.05, 0.1) is 13.3 Å². The minimum atomic E-state index is -0.763. The number of methoxy groups -OCH3 is 1. The quantitative estimate of drug-likeness (QED) is 0.535. The Morgan fingerprint density at radius 3 is 2.76 bits per heavy atom. The van der Waals surface area contributed by atoms with E-state index in [1.54, 1.807) is 24.3 Å². The monoisotopic (exact) mass is 288 g/mol. The highest BCUT2D eigenvalue weighted by Gasteiger charge is 2.06. The number of hydrogen-bond donors (Lipinski definition) is 3. The van der Waals surface area contributed by atoms with Crippen LogP contribution in [-0.4, -0.2) is 29.2 Å². The van der Waals surface area contributed by atoms with Gasteiger partial charge in [0, 0.05) is 11.6 Å². The van der Waals surface area contributed by atoms with Crippen molar-refractivity contribution in [1.29, 1.82) is 0 Å². The van der Waals surface area contributed by atoms with Crippen molar-refractivity contribution >= 4 is 12.1 Å². The van der Waals surface area contributed by atoms with Crippen molar-refractivity contribution in [2.75, 3.05) is 7.11 Å². The molecular weight excluding hydrogens is 276 g/mol. The molecule has 3 N–H and O–H groups in total. The van der Waals surface area contributed by atoms with Gasteiger partial charge in [-0.1, -0.05) is 12.1 Å². The van der Waals surface area contributed by atoms with Crippen LogP contribution in [0.15, 0.2) is 45.0 Å². The van der Waals surface area contributed by atoms with Crippen molar-refractivity contribution in [1.82, 2.24) is 15.4 Å². The summed E-state index contributed by atoms with van der Waals surface area (Å²) in [7, 11) is 1.52. The fraction of sp³-hybridized carbons (Fsp3) is 0.0769. The summed E-state index contributed by atoms with van der Waals surface area (Å²) >= 11 is 0. The van der Waals surface area contributed by atoms with Crippen molar-refractivity contribution in [2.45, 2.75) is 0 Å². The fourth-order valence-electron chi connectivity index (χ4n) is 1.58. The number of aromatic amines is 2. The third-order valence-corrected chi connectivity index (χ3v) is 2.51. The maximum Gasteiger partial charge on any atom is 0.326 e. The lowest BCUT2D eigenvalue weighted by molar-refractivity contribution is 0.0949. The van der Waals surface area contributed by atoms with Crippen molar-refractivity contribution in [3.05, 3.63) is 62.4 Å². The highest BCUT2D eigenvalue weighted by molar-refractivity contribution is 5.93. The van der Waals surface area contributed by atoms with Gasteiger partial charge < -0.3 is 9.72 Å². The van der Waals surface area contributed by atoms with Crippen LogP contribution in [0.3, 0.4) is 0 Å². The zero-order chi connectivity index (χ0) is 15.2. The van der Waals surface area contributed by atoms with Gasteiger partial charge in [-0.05, 0) is 12.1 Å². The highest BCUT2D eigenvalue weighted by Crippen LogP contribution is 2.14.